The van der Waals surface area contributed by atoms with Gasteiger partial charge in [0.2, 0.25) is 0 Å². The molecule has 0 aliphatic heterocycles. The SMILES string of the molecule is CCCCCCCCCCCCCCCCCCC(=O)[O-].Cc1cccc(C(=O)[O-])c1.[CH2]CCC.[CH2]CCC.[Sn+2]. The molecule has 0 spiro atoms. The topological polar surface area (TPSA) is 80.3 Å². The Balaban J connectivity index is -0.000000279. The first-order chi connectivity index (χ1) is 18.8. The number of carboxylic acids is 2. The monoisotopic (exact) mass is 666 g/mol. The van der Waals surface area contributed by atoms with Crippen LogP contribution in [0.2, 0.25) is 0 Å². The van der Waals surface area contributed by atoms with Gasteiger partial charge in [0.1, 0.15) is 0 Å². The predicted molar refractivity (Wildman–Crippen MR) is 171 cm³/mol. The van der Waals surface area contributed by atoms with Crippen LogP contribution in [0, 0.1) is 20.8 Å². The van der Waals surface area contributed by atoms with Crippen LogP contribution in [-0.2, 0) is 4.79 Å². The molecule has 0 aromatic heterocycles. The molecule has 4 radical (unpaired) electrons. The number of aliphatic carboxylic acids is 1. The van der Waals surface area contributed by atoms with Crippen molar-refractivity contribution in [2.24, 2.45) is 0 Å². The Morgan fingerprint density at radius 3 is 1.23 bits per heavy atom. The van der Waals surface area contributed by atoms with E-state index in [2.05, 4.69) is 34.6 Å². The number of carboxylic acid groups (broad SMARTS) is 2. The molecule has 0 heterocycles. The summed E-state index contributed by atoms with van der Waals surface area (Å²) < 4.78 is 0. The van der Waals surface area contributed by atoms with Crippen molar-refractivity contribution in [3.8, 4) is 0 Å². The second-order valence-electron chi connectivity index (χ2n) is 10.3. The molecule has 0 saturated carbocycles. The molecule has 0 bridgehead atoms. The summed E-state index contributed by atoms with van der Waals surface area (Å²) in [5, 5.41) is 20.5. The van der Waals surface area contributed by atoms with Gasteiger partial charge in [-0.2, -0.15) is 0 Å². The Labute approximate surface area is 266 Å². The molecule has 0 aliphatic carbocycles. The van der Waals surface area contributed by atoms with Gasteiger partial charge in [-0.15, -0.1) is 0 Å². The van der Waals surface area contributed by atoms with E-state index < -0.39 is 11.9 Å². The van der Waals surface area contributed by atoms with Gasteiger partial charge < -0.3 is 19.8 Å². The Hall–Kier alpha value is -1.04. The van der Waals surface area contributed by atoms with E-state index in [1.54, 1.807) is 12.1 Å². The molecule has 230 valence electrons. The third-order valence-corrected chi connectivity index (χ3v) is 6.20. The standard InChI is InChI=1S/C19H38O2.C8H8O2.2C4H9.Sn/c1-2-3-4-5-6-7-8-9-10-11-12-13-14-15-16-17-18-19(20)21;1-6-3-2-4-7(5-6)8(9)10;2*1-3-4-2;/h2-18H2,1H3,(H,20,21);2-5H,1H3,(H,9,10);2*1,3-4H2,2H3;/q;;;;+2/p-2. The third-order valence-electron chi connectivity index (χ3n) is 6.20. The molecule has 0 amide bonds. The average Bonchev–Trinajstić information content (AvgIpc) is 2.93. The minimum atomic E-state index is -1.12. The smallest absolute Gasteiger partial charge is 0.550 e. The number of aryl methyl sites for hydroxylation is 1. The fourth-order valence-corrected chi connectivity index (χ4v) is 3.59. The quantitative estimate of drug-likeness (QED) is 0.103. The normalized spacial score (nSPS) is 9.55. The van der Waals surface area contributed by atoms with E-state index in [4.69, 9.17) is 0 Å². The van der Waals surface area contributed by atoms with Crippen molar-refractivity contribution in [2.75, 3.05) is 0 Å². The Bertz CT molecular complexity index is 626. The number of rotatable bonds is 20. The van der Waals surface area contributed by atoms with Crippen LogP contribution in [0.5, 0.6) is 0 Å². The van der Waals surface area contributed by atoms with Crippen LogP contribution in [0.4, 0.5) is 0 Å². The number of aromatic carboxylic acids is 1. The summed E-state index contributed by atoms with van der Waals surface area (Å²) in [5.74, 6) is -2.02. The molecule has 1 aromatic rings. The summed E-state index contributed by atoms with van der Waals surface area (Å²) in [6, 6.07) is 6.63. The Morgan fingerprint density at radius 1 is 0.625 bits per heavy atom. The zero-order chi connectivity index (χ0) is 30.0. The van der Waals surface area contributed by atoms with Crippen molar-refractivity contribution < 1.29 is 19.8 Å². The Morgan fingerprint density at radius 2 is 0.975 bits per heavy atom. The molecule has 5 heteroatoms. The minimum Gasteiger partial charge on any atom is -0.550 e. The second-order valence-corrected chi connectivity index (χ2v) is 10.3. The molecule has 4 nitrogen and oxygen atoms in total. The van der Waals surface area contributed by atoms with E-state index in [1.807, 2.05) is 13.0 Å². The fraction of sp³-hybridized carbons (Fsp3) is 0.714. The van der Waals surface area contributed by atoms with Crippen molar-refractivity contribution in [3.05, 3.63) is 49.2 Å². The number of carbonyl (C=O) groups is 2. The van der Waals surface area contributed by atoms with Crippen molar-refractivity contribution in [3.63, 3.8) is 0 Å². The van der Waals surface area contributed by atoms with Gasteiger partial charge in [-0.05, 0) is 25.3 Å². The number of carbonyl (C=O) groups excluding carboxylic acids is 2. The summed E-state index contributed by atoms with van der Waals surface area (Å²) in [4.78, 5) is 20.5. The maximum Gasteiger partial charge on any atom is 2.00 e. The molecule has 0 atom stereocenters. The molecule has 1 aromatic carbocycles. The largest absolute Gasteiger partial charge is 2.00 e. The molecule has 0 N–H and O–H groups in total. The second kappa shape index (κ2) is 40.1. The molecular weight excluding hydrogens is 603 g/mol. The fourth-order valence-electron chi connectivity index (χ4n) is 3.59. The van der Waals surface area contributed by atoms with Crippen LogP contribution in [0.1, 0.15) is 172 Å². The summed E-state index contributed by atoms with van der Waals surface area (Å²) in [6.45, 7) is 15.6. The van der Waals surface area contributed by atoms with Gasteiger partial charge in [-0.3, -0.25) is 0 Å². The van der Waals surface area contributed by atoms with Crippen molar-refractivity contribution in [1.82, 2.24) is 0 Å². The zero-order valence-corrected chi connectivity index (χ0v) is 29.6. The van der Waals surface area contributed by atoms with Gasteiger partial charge in [0, 0.05) is 5.97 Å². The Kier molecular flexibility index (Phi) is 46.0. The number of unbranched alkanes of at least 4 members (excludes halogenated alkanes) is 17. The number of hydrogen-bond acceptors (Lipinski definition) is 4. The van der Waals surface area contributed by atoms with Gasteiger partial charge >= 0.3 is 23.9 Å². The maximum atomic E-state index is 10.2. The maximum absolute atomic E-state index is 10.2. The van der Waals surface area contributed by atoms with Gasteiger partial charge in [-0.1, -0.05) is 186 Å². The van der Waals surface area contributed by atoms with Crippen LogP contribution in [-0.4, -0.2) is 35.8 Å². The van der Waals surface area contributed by atoms with Crippen molar-refractivity contribution in [1.29, 1.82) is 0 Å². The van der Waals surface area contributed by atoms with Gasteiger partial charge in [0.15, 0.2) is 0 Å². The molecule has 40 heavy (non-hydrogen) atoms. The first-order valence-electron chi connectivity index (χ1n) is 15.9. The molecule has 1 rings (SSSR count). The molecule has 0 aliphatic rings. The summed E-state index contributed by atoms with van der Waals surface area (Å²) >= 11 is 0. The van der Waals surface area contributed by atoms with E-state index in [-0.39, 0.29) is 35.9 Å². The molecule has 0 unspecified atom stereocenters. The van der Waals surface area contributed by atoms with Crippen molar-refractivity contribution >= 4 is 35.8 Å². The van der Waals surface area contributed by atoms with E-state index >= 15 is 0 Å². The van der Waals surface area contributed by atoms with Crippen LogP contribution < -0.4 is 10.2 Å². The third kappa shape index (κ3) is 44.0. The summed E-state index contributed by atoms with van der Waals surface area (Å²) in [5.41, 5.74) is 1.17. The molecule has 0 saturated heterocycles. The summed E-state index contributed by atoms with van der Waals surface area (Å²) in [7, 11) is 0. The van der Waals surface area contributed by atoms with Gasteiger partial charge in [0.05, 0.1) is 5.97 Å². The van der Waals surface area contributed by atoms with Crippen LogP contribution in [0.3, 0.4) is 0 Å². The summed E-state index contributed by atoms with van der Waals surface area (Å²) in [6.07, 6.45) is 25.9. The number of benzene rings is 1. The van der Waals surface area contributed by atoms with Crippen LogP contribution in [0.25, 0.3) is 0 Å². The zero-order valence-electron chi connectivity index (χ0n) is 26.7. The van der Waals surface area contributed by atoms with Gasteiger partial charge in [-0.25, -0.2) is 0 Å². The minimum absolute atomic E-state index is 0. The predicted octanol–water partition coefficient (Wildman–Crippen LogP) is 8.61. The average molecular weight is 666 g/mol. The number of hydrogen-bond donors (Lipinski definition) is 0. The van der Waals surface area contributed by atoms with Crippen LogP contribution >= 0.6 is 0 Å². The van der Waals surface area contributed by atoms with E-state index in [9.17, 15) is 19.8 Å². The molecular formula is C35H62O4Sn. The van der Waals surface area contributed by atoms with Crippen molar-refractivity contribution in [2.45, 2.75) is 163 Å². The van der Waals surface area contributed by atoms with E-state index in [0.29, 0.717) is 0 Å². The first-order valence-corrected chi connectivity index (χ1v) is 15.9. The van der Waals surface area contributed by atoms with E-state index in [0.717, 1.165) is 31.2 Å². The first kappa shape index (κ1) is 45.9. The van der Waals surface area contributed by atoms with Gasteiger partial charge in [0.25, 0.3) is 0 Å². The molecule has 0 fully saturated rings. The van der Waals surface area contributed by atoms with Crippen LogP contribution in [0.15, 0.2) is 24.3 Å². The van der Waals surface area contributed by atoms with E-state index in [1.165, 1.54) is 109 Å².